The molecule has 1 amide bonds. The Labute approximate surface area is 168 Å². The number of thiazole rings is 1. The van der Waals surface area contributed by atoms with Crippen molar-refractivity contribution in [2.45, 2.75) is 13.8 Å². The second-order valence-electron chi connectivity index (χ2n) is 6.96. The molecule has 3 heterocycles. The summed E-state index contributed by atoms with van der Waals surface area (Å²) in [6.45, 7) is 9.51. The number of hydrogen-bond donors (Lipinski definition) is 0. The molecule has 8 heteroatoms. The first-order valence-corrected chi connectivity index (χ1v) is 10.4. The number of nitrogens with zero attached hydrogens (tertiary/aromatic N) is 3. The number of ether oxygens (including phenoxy) is 3. The lowest BCUT2D eigenvalue weighted by atomic mass is 10.1. The van der Waals surface area contributed by atoms with Gasteiger partial charge in [0.1, 0.15) is 19.5 Å². The van der Waals surface area contributed by atoms with Crippen LogP contribution >= 0.6 is 11.3 Å². The summed E-state index contributed by atoms with van der Waals surface area (Å²) in [7, 11) is 0. The number of morpholine rings is 1. The Morgan fingerprint density at radius 2 is 2.04 bits per heavy atom. The highest BCUT2D eigenvalue weighted by atomic mass is 32.1. The molecule has 4 rings (SSSR count). The van der Waals surface area contributed by atoms with Crippen molar-refractivity contribution >= 4 is 32.6 Å². The summed E-state index contributed by atoms with van der Waals surface area (Å²) >= 11 is 1.53. The largest absolute Gasteiger partial charge is 0.494 e. The molecule has 150 valence electrons. The molecule has 28 heavy (non-hydrogen) atoms. The van der Waals surface area contributed by atoms with Crippen molar-refractivity contribution in [3.05, 3.63) is 35.3 Å². The first kappa shape index (κ1) is 19.2. The minimum atomic E-state index is -0.207. The lowest BCUT2D eigenvalue weighted by Crippen LogP contribution is -2.44. The van der Waals surface area contributed by atoms with E-state index in [-0.39, 0.29) is 11.7 Å². The molecule has 0 bridgehead atoms. The predicted molar refractivity (Wildman–Crippen MR) is 109 cm³/mol. The van der Waals surface area contributed by atoms with E-state index in [0.29, 0.717) is 24.9 Å². The fraction of sp³-hybridized carbons (Fsp3) is 0.500. The maximum Gasteiger partial charge on any atom is 0.298 e. The van der Waals surface area contributed by atoms with Gasteiger partial charge in [-0.3, -0.25) is 14.6 Å². The molecule has 2 aliphatic heterocycles. The Morgan fingerprint density at radius 3 is 2.79 bits per heavy atom. The molecule has 2 aliphatic rings. The van der Waals surface area contributed by atoms with Gasteiger partial charge in [0.15, 0.2) is 5.13 Å². The van der Waals surface area contributed by atoms with E-state index in [1.165, 1.54) is 23.2 Å². The third-order valence-corrected chi connectivity index (χ3v) is 6.20. The Balaban J connectivity index is 1.62. The molecule has 0 N–H and O–H groups in total. The van der Waals surface area contributed by atoms with Crippen molar-refractivity contribution in [1.82, 2.24) is 9.88 Å². The first-order valence-electron chi connectivity index (χ1n) is 9.57. The van der Waals surface area contributed by atoms with Gasteiger partial charge in [0.05, 0.1) is 23.4 Å². The molecule has 0 aliphatic carbocycles. The molecular weight excluding hydrogens is 378 g/mol. The van der Waals surface area contributed by atoms with Crippen LogP contribution in [-0.4, -0.2) is 68.4 Å². The Morgan fingerprint density at radius 1 is 1.21 bits per heavy atom. The van der Waals surface area contributed by atoms with Crippen LogP contribution in [0.15, 0.2) is 24.2 Å². The van der Waals surface area contributed by atoms with Gasteiger partial charge >= 0.3 is 0 Å². The van der Waals surface area contributed by atoms with E-state index < -0.39 is 0 Å². The highest BCUT2D eigenvalue weighted by molar-refractivity contribution is 7.22. The number of aromatic nitrogens is 1. The molecule has 1 saturated heterocycles. The van der Waals surface area contributed by atoms with Crippen LogP contribution < -0.4 is 4.90 Å². The Bertz CT molecular complexity index is 889. The summed E-state index contributed by atoms with van der Waals surface area (Å²) in [4.78, 5) is 22.0. The van der Waals surface area contributed by atoms with Crippen molar-refractivity contribution in [3.63, 3.8) is 0 Å². The molecule has 0 spiro atoms. The van der Waals surface area contributed by atoms with E-state index in [4.69, 9.17) is 19.2 Å². The summed E-state index contributed by atoms with van der Waals surface area (Å²) in [5.41, 5.74) is 3.30. The van der Waals surface area contributed by atoms with Gasteiger partial charge in [-0.15, -0.1) is 0 Å². The average molecular weight is 404 g/mol. The Kier molecular flexibility index (Phi) is 5.79. The number of carbonyl (C=O) groups excluding carboxylic acids is 1. The van der Waals surface area contributed by atoms with E-state index in [9.17, 15) is 4.79 Å². The van der Waals surface area contributed by atoms with Gasteiger partial charge in [-0.2, -0.15) is 0 Å². The molecule has 7 nitrogen and oxygen atoms in total. The monoisotopic (exact) mass is 403 g/mol. The van der Waals surface area contributed by atoms with Crippen LogP contribution in [0.25, 0.3) is 10.2 Å². The molecule has 0 atom stereocenters. The molecular formula is C20H25N3O4S. The number of fused-ring (bicyclic) bond motifs is 1. The number of hydrogen-bond acceptors (Lipinski definition) is 7. The van der Waals surface area contributed by atoms with Crippen molar-refractivity contribution in [1.29, 1.82) is 0 Å². The van der Waals surface area contributed by atoms with Crippen molar-refractivity contribution in [2.75, 3.05) is 57.5 Å². The van der Waals surface area contributed by atoms with Crippen LogP contribution in [0.5, 0.6) is 0 Å². The highest BCUT2D eigenvalue weighted by Gasteiger charge is 2.27. The van der Waals surface area contributed by atoms with Crippen LogP contribution in [0.3, 0.4) is 0 Å². The summed E-state index contributed by atoms with van der Waals surface area (Å²) in [6, 6.07) is 4.17. The molecule has 2 aromatic rings. The molecule has 0 unspecified atom stereocenters. The van der Waals surface area contributed by atoms with E-state index in [1.807, 2.05) is 0 Å². The summed E-state index contributed by atoms with van der Waals surface area (Å²) in [6.07, 6.45) is 1.41. The van der Waals surface area contributed by atoms with Crippen LogP contribution in [-0.2, 0) is 19.0 Å². The van der Waals surface area contributed by atoms with Gasteiger partial charge in [0.2, 0.25) is 5.76 Å². The number of anilines is 1. The number of aryl methyl sites for hydroxylation is 2. The fourth-order valence-corrected chi connectivity index (χ4v) is 4.34. The van der Waals surface area contributed by atoms with Gasteiger partial charge in [-0.1, -0.05) is 17.4 Å². The van der Waals surface area contributed by atoms with Crippen molar-refractivity contribution in [2.24, 2.45) is 0 Å². The van der Waals surface area contributed by atoms with Crippen LogP contribution in [0, 0.1) is 13.8 Å². The van der Waals surface area contributed by atoms with Gasteiger partial charge in [0.25, 0.3) is 5.91 Å². The fourth-order valence-electron chi connectivity index (χ4n) is 3.29. The van der Waals surface area contributed by atoms with Crippen LogP contribution in [0.2, 0.25) is 0 Å². The zero-order chi connectivity index (χ0) is 19.5. The topological polar surface area (TPSA) is 64.1 Å². The second-order valence-corrected chi connectivity index (χ2v) is 7.97. The quantitative estimate of drug-likeness (QED) is 0.764. The number of carbonyl (C=O) groups is 1. The van der Waals surface area contributed by atoms with Gasteiger partial charge in [-0.05, 0) is 31.0 Å². The minimum Gasteiger partial charge on any atom is -0.494 e. The lowest BCUT2D eigenvalue weighted by Gasteiger charge is -2.29. The molecule has 1 fully saturated rings. The number of amides is 1. The molecule has 1 aromatic heterocycles. The van der Waals surface area contributed by atoms with Crippen LogP contribution in [0.1, 0.15) is 11.1 Å². The smallest absolute Gasteiger partial charge is 0.298 e. The maximum atomic E-state index is 13.2. The summed E-state index contributed by atoms with van der Waals surface area (Å²) in [5.74, 6) is 0.0294. The molecule has 0 saturated carbocycles. The number of rotatable bonds is 5. The van der Waals surface area contributed by atoms with Gasteiger partial charge in [-0.25, -0.2) is 4.98 Å². The third-order valence-electron chi connectivity index (χ3n) is 5.15. The second kappa shape index (κ2) is 8.46. The zero-order valence-corrected chi connectivity index (χ0v) is 17.1. The lowest BCUT2D eigenvalue weighted by molar-refractivity contribution is -0.119. The maximum absolute atomic E-state index is 13.2. The van der Waals surface area contributed by atoms with E-state index >= 15 is 0 Å². The highest BCUT2D eigenvalue weighted by Crippen LogP contribution is 2.32. The summed E-state index contributed by atoms with van der Waals surface area (Å²) < 4.78 is 17.3. The standard InChI is InChI=1S/C20H25N3O4S/c1-14-3-4-17-18(15(14)2)21-20(28-17)23(6-5-22-7-9-25-10-8-22)19(24)16-13-26-11-12-27-16/h3-4,13H,5-12H2,1-2H3. The van der Waals surface area contributed by atoms with E-state index in [1.54, 1.807) is 4.90 Å². The van der Waals surface area contributed by atoms with Crippen molar-refractivity contribution < 1.29 is 19.0 Å². The predicted octanol–water partition coefficient (Wildman–Crippen LogP) is 2.47. The first-order chi connectivity index (χ1) is 13.6. The Hall–Kier alpha value is -2.16. The van der Waals surface area contributed by atoms with Gasteiger partial charge < -0.3 is 14.2 Å². The van der Waals surface area contributed by atoms with Crippen molar-refractivity contribution in [3.8, 4) is 0 Å². The SMILES string of the molecule is Cc1ccc2sc(N(CCN3CCOCC3)C(=O)C3=COCCO3)nc2c1C. The third kappa shape index (κ3) is 3.99. The van der Waals surface area contributed by atoms with E-state index in [2.05, 4.69) is 30.9 Å². The average Bonchev–Trinajstić information content (AvgIpc) is 3.17. The van der Waals surface area contributed by atoms with E-state index in [0.717, 1.165) is 48.6 Å². The van der Waals surface area contributed by atoms with Crippen LogP contribution in [0.4, 0.5) is 5.13 Å². The zero-order valence-electron chi connectivity index (χ0n) is 16.3. The van der Waals surface area contributed by atoms with Gasteiger partial charge in [0, 0.05) is 26.2 Å². The molecule has 0 radical (unpaired) electrons. The number of benzene rings is 1. The minimum absolute atomic E-state index is 0.207. The summed E-state index contributed by atoms with van der Waals surface area (Å²) in [5, 5.41) is 0.692. The molecule has 1 aromatic carbocycles. The normalized spacial score (nSPS) is 17.7.